The summed E-state index contributed by atoms with van der Waals surface area (Å²) in [5.41, 5.74) is 1.67. The molecule has 2 aromatic heterocycles. The second-order valence-electron chi connectivity index (χ2n) is 4.68. The molecule has 2 heterocycles. The van der Waals surface area contributed by atoms with Gasteiger partial charge in [-0.15, -0.1) is 10.2 Å². The van der Waals surface area contributed by atoms with Crippen LogP contribution in [0.1, 0.15) is 24.4 Å². The maximum absolute atomic E-state index is 5.93. The summed E-state index contributed by atoms with van der Waals surface area (Å²) in [5, 5.41) is 12.7. The van der Waals surface area contributed by atoms with Gasteiger partial charge in [-0.3, -0.25) is 0 Å². The maximum atomic E-state index is 5.93. The van der Waals surface area contributed by atoms with Crippen LogP contribution in [0.4, 0.5) is 0 Å². The Morgan fingerprint density at radius 2 is 2.05 bits per heavy atom. The van der Waals surface area contributed by atoms with Crippen LogP contribution >= 0.6 is 0 Å². The van der Waals surface area contributed by atoms with Gasteiger partial charge in [0.1, 0.15) is 17.4 Å². The number of hydrogen-bond donors (Lipinski definition) is 1. The third-order valence-electron chi connectivity index (χ3n) is 3.30. The van der Waals surface area contributed by atoms with E-state index >= 15 is 0 Å². The average Bonchev–Trinajstić information content (AvgIpc) is 2.96. The van der Waals surface area contributed by atoms with Gasteiger partial charge in [0, 0.05) is 11.5 Å². The number of fused-ring (bicyclic) bond motifs is 1. The minimum absolute atomic E-state index is 0.124. The van der Waals surface area contributed by atoms with E-state index in [0.29, 0.717) is 5.88 Å². The first-order valence-corrected chi connectivity index (χ1v) is 6.91. The van der Waals surface area contributed by atoms with Gasteiger partial charge in [-0.25, -0.2) is 0 Å². The highest BCUT2D eigenvalue weighted by Gasteiger charge is 2.19. The molecule has 108 valence electrons. The molecule has 1 aromatic carbocycles. The van der Waals surface area contributed by atoms with E-state index in [2.05, 4.69) is 15.5 Å². The number of benzene rings is 1. The summed E-state index contributed by atoms with van der Waals surface area (Å²) in [7, 11) is 1.57. The van der Waals surface area contributed by atoms with E-state index in [0.717, 1.165) is 29.0 Å². The zero-order chi connectivity index (χ0) is 14.7. The molecule has 5 heteroatoms. The number of rotatable bonds is 5. The van der Waals surface area contributed by atoms with E-state index in [1.807, 2.05) is 43.3 Å². The fourth-order valence-corrected chi connectivity index (χ4v) is 2.29. The first-order chi connectivity index (χ1) is 10.3. The molecular weight excluding hydrogens is 266 g/mol. The van der Waals surface area contributed by atoms with Crippen molar-refractivity contribution in [2.24, 2.45) is 0 Å². The summed E-state index contributed by atoms with van der Waals surface area (Å²) < 4.78 is 11.0. The number of nitrogens with zero attached hydrogens (tertiary/aromatic N) is 2. The van der Waals surface area contributed by atoms with Crippen LogP contribution < -0.4 is 10.1 Å². The fourth-order valence-electron chi connectivity index (χ4n) is 2.29. The molecule has 1 N–H and O–H groups in total. The average molecular weight is 283 g/mol. The third kappa shape index (κ3) is 2.73. The SMILES string of the molecule is CCNC(c1ccc(OC)nn1)c1cc2ccccc2o1. The molecule has 21 heavy (non-hydrogen) atoms. The first kappa shape index (κ1) is 13.6. The molecule has 0 saturated carbocycles. The molecule has 3 aromatic rings. The molecule has 0 aliphatic heterocycles. The minimum atomic E-state index is -0.124. The summed E-state index contributed by atoms with van der Waals surface area (Å²) in [4.78, 5) is 0. The fraction of sp³-hybridized carbons (Fsp3) is 0.250. The number of methoxy groups -OCH3 is 1. The van der Waals surface area contributed by atoms with E-state index in [1.165, 1.54) is 0 Å². The predicted octanol–water partition coefficient (Wildman–Crippen LogP) is 2.93. The molecule has 0 aliphatic rings. The molecule has 0 amide bonds. The van der Waals surface area contributed by atoms with Crippen LogP contribution in [-0.2, 0) is 0 Å². The van der Waals surface area contributed by atoms with Crippen LogP contribution in [0, 0.1) is 0 Å². The Labute approximate surface area is 122 Å². The number of furan rings is 1. The second kappa shape index (κ2) is 5.93. The van der Waals surface area contributed by atoms with Crippen molar-refractivity contribution >= 4 is 11.0 Å². The minimum Gasteiger partial charge on any atom is -0.480 e. The number of hydrogen-bond acceptors (Lipinski definition) is 5. The van der Waals surface area contributed by atoms with Crippen LogP contribution in [-0.4, -0.2) is 23.9 Å². The van der Waals surface area contributed by atoms with E-state index in [4.69, 9.17) is 9.15 Å². The van der Waals surface area contributed by atoms with E-state index in [1.54, 1.807) is 13.2 Å². The molecule has 0 aliphatic carbocycles. The molecule has 0 spiro atoms. The lowest BCUT2D eigenvalue weighted by molar-refractivity contribution is 0.388. The molecule has 1 atom stereocenters. The van der Waals surface area contributed by atoms with Crippen molar-refractivity contribution in [1.82, 2.24) is 15.5 Å². The van der Waals surface area contributed by atoms with Gasteiger partial charge in [-0.05, 0) is 24.7 Å². The zero-order valence-electron chi connectivity index (χ0n) is 12.0. The first-order valence-electron chi connectivity index (χ1n) is 6.91. The highest BCUT2D eigenvalue weighted by Crippen LogP contribution is 2.27. The molecule has 3 rings (SSSR count). The molecule has 0 radical (unpaired) electrons. The van der Waals surface area contributed by atoms with Crippen LogP contribution in [0.2, 0.25) is 0 Å². The third-order valence-corrected chi connectivity index (χ3v) is 3.30. The molecule has 1 unspecified atom stereocenters. The Balaban J connectivity index is 1.99. The van der Waals surface area contributed by atoms with Gasteiger partial charge >= 0.3 is 0 Å². The van der Waals surface area contributed by atoms with Crippen molar-refractivity contribution < 1.29 is 9.15 Å². The Bertz CT molecular complexity index is 689. The topological polar surface area (TPSA) is 60.2 Å². The standard InChI is InChI=1S/C16H17N3O2/c1-3-17-16(12-8-9-15(20-2)19-18-12)14-10-11-6-4-5-7-13(11)21-14/h4-10,16-17H,3H2,1-2H3. The Morgan fingerprint density at radius 3 is 2.71 bits per heavy atom. The highest BCUT2D eigenvalue weighted by atomic mass is 16.5. The summed E-state index contributed by atoms with van der Waals surface area (Å²) >= 11 is 0. The zero-order valence-corrected chi connectivity index (χ0v) is 12.0. The van der Waals surface area contributed by atoms with Gasteiger partial charge in [-0.2, -0.15) is 0 Å². The highest BCUT2D eigenvalue weighted by molar-refractivity contribution is 5.77. The predicted molar refractivity (Wildman–Crippen MR) is 80.3 cm³/mol. The van der Waals surface area contributed by atoms with Gasteiger partial charge in [0.15, 0.2) is 0 Å². The monoisotopic (exact) mass is 283 g/mol. The summed E-state index contributed by atoms with van der Waals surface area (Å²) in [6.45, 7) is 2.85. The van der Waals surface area contributed by atoms with Crippen LogP contribution in [0.3, 0.4) is 0 Å². The van der Waals surface area contributed by atoms with Gasteiger partial charge in [0.25, 0.3) is 0 Å². The Kier molecular flexibility index (Phi) is 3.83. The lowest BCUT2D eigenvalue weighted by Gasteiger charge is -2.14. The molecular formula is C16H17N3O2. The number of ether oxygens (including phenoxy) is 1. The molecule has 5 nitrogen and oxygen atoms in total. The van der Waals surface area contributed by atoms with Crippen molar-refractivity contribution in [2.45, 2.75) is 13.0 Å². The maximum Gasteiger partial charge on any atom is 0.233 e. The molecule has 0 bridgehead atoms. The number of aromatic nitrogens is 2. The van der Waals surface area contributed by atoms with E-state index in [9.17, 15) is 0 Å². The summed E-state index contributed by atoms with van der Waals surface area (Å²) in [6.07, 6.45) is 0. The van der Waals surface area contributed by atoms with E-state index < -0.39 is 0 Å². The van der Waals surface area contributed by atoms with Crippen molar-refractivity contribution in [2.75, 3.05) is 13.7 Å². The molecule has 0 saturated heterocycles. The van der Waals surface area contributed by atoms with Crippen molar-refractivity contribution in [1.29, 1.82) is 0 Å². The Hall–Kier alpha value is -2.40. The number of para-hydroxylation sites is 1. The van der Waals surface area contributed by atoms with Crippen molar-refractivity contribution in [3.05, 3.63) is 53.9 Å². The van der Waals surface area contributed by atoms with Crippen LogP contribution in [0.15, 0.2) is 46.9 Å². The quantitative estimate of drug-likeness (QED) is 0.780. The normalized spacial score (nSPS) is 12.5. The van der Waals surface area contributed by atoms with Gasteiger partial charge in [0.05, 0.1) is 12.8 Å². The van der Waals surface area contributed by atoms with Gasteiger partial charge in [-0.1, -0.05) is 25.1 Å². The van der Waals surface area contributed by atoms with Gasteiger partial charge in [0.2, 0.25) is 5.88 Å². The summed E-state index contributed by atoms with van der Waals surface area (Å²) in [5.74, 6) is 1.33. The van der Waals surface area contributed by atoms with Crippen LogP contribution in [0.25, 0.3) is 11.0 Å². The Morgan fingerprint density at radius 1 is 1.19 bits per heavy atom. The van der Waals surface area contributed by atoms with Crippen molar-refractivity contribution in [3.63, 3.8) is 0 Å². The smallest absolute Gasteiger partial charge is 0.233 e. The number of nitrogens with one attached hydrogen (secondary N) is 1. The molecule has 0 fully saturated rings. The van der Waals surface area contributed by atoms with Crippen LogP contribution in [0.5, 0.6) is 5.88 Å². The lowest BCUT2D eigenvalue weighted by Crippen LogP contribution is -2.22. The van der Waals surface area contributed by atoms with Crippen molar-refractivity contribution in [3.8, 4) is 5.88 Å². The second-order valence-corrected chi connectivity index (χ2v) is 4.68. The summed E-state index contributed by atoms with van der Waals surface area (Å²) in [6, 6.07) is 13.6. The lowest BCUT2D eigenvalue weighted by atomic mass is 10.1. The van der Waals surface area contributed by atoms with E-state index in [-0.39, 0.29) is 6.04 Å². The largest absolute Gasteiger partial charge is 0.480 e. The van der Waals surface area contributed by atoms with Gasteiger partial charge < -0.3 is 14.5 Å².